The Hall–Kier alpha value is -1.35. The average Bonchev–Trinajstić information content (AvgIpc) is 2.15. The van der Waals surface area contributed by atoms with E-state index in [0.717, 1.165) is 5.57 Å². The minimum Gasteiger partial charge on any atom is -0.489 e. The summed E-state index contributed by atoms with van der Waals surface area (Å²) >= 11 is 0. The Morgan fingerprint density at radius 2 is 2.36 bits per heavy atom. The summed E-state index contributed by atoms with van der Waals surface area (Å²) in [6.07, 6.45) is 0. The molecule has 1 N–H and O–H groups in total. The first-order chi connectivity index (χ1) is 6.72. The van der Waals surface area contributed by atoms with Crippen LogP contribution in [0.2, 0.25) is 0 Å². The molecule has 0 aliphatic carbocycles. The molecule has 76 valence electrons. The number of nitrogens with one attached hydrogen (secondary N) is 1. The first kappa shape index (κ1) is 10.7. The van der Waals surface area contributed by atoms with Crippen molar-refractivity contribution in [3.63, 3.8) is 0 Å². The lowest BCUT2D eigenvalue weighted by Gasteiger charge is -2.07. The molecule has 0 saturated carbocycles. The molecule has 0 radical (unpaired) electrons. The summed E-state index contributed by atoms with van der Waals surface area (Å²) in [6, 6.07) is 6.07. The maximum absolute atomic E-state index is 12.7. The molecule has 0 atom stereocenters. The van der Waals surface area contributed by atoms with Gasteiger partial charge < -0.3 is 10.1 Å². The Balaban J connectivity index is 2.41. The molecule has 0 aromatic heterocycles. The summed E-state index contributed by atoms with van der Waals surface area (Å²) in [5.41, 5.74) is 0.928. The molecule has 0 heterocycles. The van der Waals surface area contributed by atoms with E-state index in [9.17, 15) is 4.39 Å². The summed E-state index contributed by atoms with van der Waals surface area (Å²) in [4.78, 5) is 0. The number of hydrogen-bond acceptors (Lipinski definition) is 2. The lowest BCUT2D eigenvalue weighted by molar-refractivity contribution is 0.347. The van der Waals surface area contributed by atoms with E-state index in [1.54, 1.807) is 12.1 Å². The van der Waals surface area contributed by atoms with Gasteiger partial charge in [-0.3, -0.25) is 0 Å². The van der Waals surface area contributed by atoms with Gasteiger partial charge >= 0.3 is 0 Å². The van der Waals surface area contributed by atoms with Crippen molar-refractivity contribution in [1.82, 2.24) is 5.32 Å². The summed E-state index contributed by atoms with van der Waals surface area (Å²) in [7, 11) is 1.84. The van der Waals surface area contributed by atoms with Crippen molar-refractivity contribution in [1.29, 1.82) is 0 Å². The molecule has 14 heavy (non-hydrogen) atoms. The highest BCUT2D eigenvalue weighted by Crippen LogP contribution is 2.12. The molecular weight excluding hydrogens is 181 g/mol. The Kier molecular flexibility index (Phi) is 4.13. The quantitative estimate of drug-likeness (QED) is 0.725. The number of ether oxygens (including phenoxy) is 1. The van der Waals surface area contributed by atoms with E-state index in [2.05, 4.69) is 11.9 Å². The van der Waals surface area contributed by atoms with Gasteiger partial charge in [-0.1, -0.05) is 12.6 Å². The highest BCUT2D eigenvalue weighted by atomic mass is 19.1. The van der Waals surface area contributed by atoms with Gasteiger partial charge in [0.2, 0.25) is 0 Å². The van der Waals surface area contributed by atoms with Crippen LogP contribution in [0, 0.1) is 5.82 Å². The number of benzene rings is 1. The zero-order valence-electron chi connectivity index (χ0n) is 8.22. The van der Waals surface area contributed by atoms with Gasteiger partial charge in [0.25, 0.3) is 0 Å². The van der Waals surface area contributed by atoms with E-state index in [0.29, 0.717) is 18.9 Å². The second kappa shape index (κ2) is 5.40. The van der Waals surface area contributed by atoms with Crippen LogP contribution in [0.4, 0.5) is 4.39 Å². The molecule has 1 aromatic carbocycles. The fourth-order valence-corrected chi connectivity index (χ4v) is 1.04. The minimum absolute atomic E-state index is 0.290. The van der Waals surface area contributed by atoms with Crippen LogP contribution >= 0.6 is 0 Å². The minimum atomic E-state index is -0.290. The molecule has 0 aliphatic rings. The Morgan fingerprint density at radius 3 is 3.00 bits per heavy atom. The zero-order valence-corrected chi connectivity index (χ0v) is 8.22. The molecule has 1 aromatic rings. The van der Waals surface area contributed by atoms with Crippen molar-refractivity contribution >= 4 is 0 Å². The Labute approximate surface area is 83.4 Å². The Morgan fingerprint density at radius 1 is 1.57 bits per heavy atom. The van der Waals surface area contributed by atoms with Crippen LogP contribution in [0.25, 0.3) is 0 Å². The number of likely N-dealkylation sites (N-methyl/N-ethyl adjacent to an activating group) is 1. The van der Waals surface area contributed by atoms with E-state index < -0.39 is 0 Å². The van der Waals surface area contributed by atoms with E-state index in [-0.39, 0.29) is 5.82 Å². The van der Waals surface area contributed by atoms with Gasteiger partial charge in [-0.2, -0.15) is 0 Å². The second-order valence-corrected chi connectivity index (χ2v) is 3.03. The average molecular weight is 195 g/mol. The van der Waals surface area contributed by atoms with Crippen molar-refractivity contribution < 1.29 is 9.13 Å². The van der Waals surface area contributed by atoms with Crippen LogP contribution in [0.3, 0.4) is 0 Å². The van der Waals surface area contributed by atoms with Crippen LogP contribution < -0.4 is 10.1 Å². The SMILES string of the molecule is C=C(CNC)COc1cccc(F)c1. The second-order valence-electron chi connectivity index (χ2n) is 3.03. The van der Waals surface area contributed by atoms with Crippen LogP contribution in [0.1, 0.15) is 0 Å². The summed E-state index contributed by atoms with van der Waals surface area (Å²) in [5.74, 6) is 0.240. The highest BCUT2D eigenvalue weighted by molar-refractivity contribution is 5.23. The predicted molar refractivity (Wildman–Crippen MR) is 55.0 cm³/mol. The van der Waals surface area contributed by atoms with Gasteiger partial charge in [0.15, 0.2) is 0 Å². The van der Waals surface area contributed by atoms with Gasteiger partial charge in [0.1, 0.15) is 18.2 Å². The van der Waals surface area contributed by atoms with Crippen LogP contribution in [0.5, 0.6) is 5.75 Å². The van der Waals surface area contributed by atoms with Crippen LogP contribution in [0.15, 0.2) is 36.4 Å². The molecule has 0 spiro atoms. The van der Waals surface area contributed by atoms with Crippen molar-refractivity contribution in [2.75, 3.05) is 20.2 Å². The molecular formula is C11H14FNO. The molecule has 0 bridgehead atoms. The van der Waals surface area contributed by atoms with Gasteiger partial charge in [-0.05, 0) is 24.8 Å². The van der Waals surface area contributed by atoms with Gasteiger partial charge in [0, 0.05) is 12.6 Å². The van der Waals surface area contributed by atoms with E-state index in [4.69, 9.17) is 4.74 Å². The van der Waals surface area contributed by atoms with E-state index >= 15 is 0 Å². The standard InChI is InChI=1S/C11H14FNO/c1-9(7-13-2)8-14-11-5-3-4-10(12)6-11/h3-6,13H,1,7-8H2,2H3. The van der Waals surface area contributed by atoms with Gasteiger partial charge in [-0.15, -0.1) is 0 Å². The molecule has 0 fully saturated rings. The smallest absolute Gasteiger partial charge is 0.126 e. The third-order valence-corrected chi connectivity index (χ3v) is 1.67. The predicted octanol–water partition coefficient (Wildman–Crippen LogP) is 1.98. The number of rotatable bonds is 5. The molecule has 0 aliphatic heterocycles. The zero-order chi connectivity index (χ0) is 10.4. The number of hydrogen-bond donors (Lipinski definition) is 1. The van der Waals surface area contributed by atoms with Crippen molar-refractivity contribution in [3.8, 4) is 5.75 Å². The van der Waals surface area contributed by atoms with Crippen LogP contribution in [-0.2, 0) is 0 Å². The van der Waals surface area contributed by atoms with Crippen molar-refractivity contribution in [3.05, 3.63) is 42.2 Å². The van der Waals surface area contributed by atoms with Gasteiger partial charge in [0.05, 0.1) is 0 Å². The first-order valence-corrected chi connectivity index (χ1v) is 4.42. The first-order valence-electron chi connectivity index (χ1n) is 4.42. The van der Waals surface area contributed by atoms with E-state index in [1.165, 1.54) is 12.1 Å². The maximum atomic E-state index is 12.7. The third-order valence-electron chi connectivity index (χ3n) is 1.67. The molecule has 2 nitrogen and oxygen atoms in total. The molecule has 1 rings (SSSR count). The molecule has 0 saturated heterocycles. The molecule has 3 heteroatoms. The largest absolute Gasteiger partial charge is 0.489 e. The lowest BCUT2D eigenvalue weighted by atomic mass is 10.3. The van der Waals surface area contributed by atoms with Gasteiger partial charge in [-0.25, -0.2) is 4.39 Å². The summed E-state index contributed by atoms with van der Waals surface area (Å²) in [5, 5.41) is 2.96. The van der Waals surface area contributed by atoms with E-state index in [1.807, 2.05) is 7.05 Å². The monoisotopic (exact) mass is 195 g/mol. The normalized spacial score (nSPS) is 9.86. The van der Waals surface area contributed by atoms with Crippen molar-refractivity contribution in [2.24, 2.45) is 0 Å². The fraction of sp³-hybridized carbons (Fsp3) is 0.273. The topological polar surface area (TPSA) is 21.3 Å². The fourth-order valence-electron chi connectivity index (χ4n) is 1.04. The maximum Gasteiger partial charge on any atom is 0.126 e. The lowest BCUT2D eigenvalue weighted by Crippen LogP contribution is -2.14. The number of halogens is 1. The summed E-state index contributed by atoms with van der Waals surface area (Å²) < 4.78 is 18.0. The molecule has 0 unspecified atom stereocenters. The molecule has 0 amide bonds. The Bertz CT molecular complexity index is 312. The van der Waals surface area contributed by atoms with Crippen molar-refractivity contribution in [2.45, 2.75) is 0 Å². The van der Waals surface area contributed by atoms with Crippen LogP contribution in [-0.4, -0.2) is 20.2 Å². The third kappa shape index (κ3) is 3.58. The highest BCUT2D eigenvalue weighted by Gasteiger charge is 1.97. The summed E-state index contributed by atoms with van der Waals surface area (Å²) in [6.45, 7) is 4.91.